The number of esters is 1. The predicted octanol–water partition coefficient (Wildman–Crippen LogP) is 7.12. The highest BCUT2D eigenvalue weighted by Crippen LogP contribution is 2.41. The molecule has 0 fully saturated rings. The molecule has 3 atom stereocenters. The van der Waals surface area contributed by atoms with Gasteiger partial charge < -0.3 is 29.7 Å². The molecule has 0 saturated heterocycles. The molecule has 0 saturated carbocycles. The minimum atomic E-state index is -0.901. The van der Waals surface area contributed by atoms with E-state index < -0.39 is 24.2 Å². The van der Waals surface area contributed by atoms with Gasteiger partial charge in [0.2, 0.25) is 12.0 Å². The van der Waals surface area contributed by atoms with Crippen molar-refractivity contribution in [3.05, 3.63) is 147 Å². The van der Waals surface area contributed by atoms with Crippen LogP contribution in [0.1, 0.15) is 39.5 Å². The lowest BCUT2D eigenvalue weighted by Gasteiger charge is -2.35. The number of amides is 2. The van der Waals surface area contributed by atoms with Gasteiger partial charge in [0.15, 0.2) is 0 Å². The van der Waals surface area contributed by atoms with Crippen LogP contribution in [0.5, 0.6) is 11.5 Å². The maximum atomic E-state index is 13.6. The lowest BCUT2D eigenvalue weighted by atomic mass is 9.93. The van der Waals surface area contributed by atoms with Crippen LogP contribution in [0.2, 0.25) is 10.0 Å². The second-order valence-corrected chi connectivity index (χ2v) is 14.2. The van der Waals surface area contributed by atoms with Gasteiger partial charge in [-0.25, -0.2) is 4.79 Å². The van der Waals surface area contributed by atoms with E-state index in [0.29, 0.717) is 57.9 Å². The summed E-state index contributed by atoms with van der Waals surface area (Å²) in [6.07, 6.45) is -0.267. The van der Waals surface area contributed by atoms with Gasteiger partial charge in [0.05, 0.1) is 40.5 Å². The minimum absolute atomic E-state index is 0.231. The smallest absolute Gasteiger partial charge is 0.328 e. The van der Waals surface area contributed by atoms with Crippen LogP contribution in [-0.4, -0.2) is 44.0 Å². The molecule has 5 aromatic rings. The Hall–Kier alpha value is -5.86. The Morgan fingerprint density at radius 3 is 2.29 bits per heavy atom. The van der Waals surface area contributed by atoms with Gasteiger partial charge in [-0.3, -0.25) is 9.59 Å². The zero-order valence-electron chi connectivity index (χ0n) is 30.0. The Labute approximate surface area is 328 Å². The molecule has 7 rings (SSSR count). The molecular weight excluding hydrogens is 739 g/mol. The second kappa shape index (κ2) is 16.2. The van der Waals surface area contributed by atoms with Crippen molar-refractivity contribution < 1.29 is 28.6 Å². The lowest BCUT2D eigenvalue weighted by Crippen LogP contribution is -2.53. The third kappa shape index (κ3) is 8.30. The van der Waals surface area contributed by atoms with Gasteiger partial charge in [-0.1, -0.05) is 77.8 Å². The summed E-state index contributed by atoms with van der Waals surface area (Å²) < 4.78 is 17.2. The summed E-state index contributed by atoms with van der Waals surface area (Å²) in [6.45, 7) is 0.687. The van der Waals surface area contributed by atoms with Crippen LogP contribution in [0, 0.1) is 11.3 Å². The number of carbonyl (C=O) groups is 3. The largest absolute Gasteiger partial charge is 0.489 e. The fraction of sp³-hybridized carbons (Fsp3) is 0.209. The Morgan fingerprint density at radius 1 is 0.927 bits per heavy atom. The van der Waals surface area contributed by atoms with Gasteiger partial charge in [-0.05, 0) is 88.3 Å². The minimum Gasteiger partial charge on any atom is -0.489 e. The van der Waals surface area contributed by atoms with Crippen LogP contribution in [0.15, 0.2) is 103 Å². The number of rotatable bonds is 10. The summed E-state index contributed by atoms with van der Waals surface area (Å²) in [5.74, 6) is 0.0703. The van der Waals surface area contributed by atoms with E-state index in [4.69, 9.17) is 42.7 Å². The Balaban J connectivity index is 0.989. The summed E-state index contributed by atoms with van der Waals surface area (Å²) >= 11 is 12.1. The lowest BCUT2D eigenvalue weighted by molar-refractivity contribution is -0.145. The molecular formula is C43H36Cl2N4O6. The Morgan fingerprint density at radius 2 is 1.62 bits per heavy atom. The van der Waals surface area contributed by atoms with Crippen LogP contribution in [-0.2, 0) is 45.1 Å². The van der Waals surface area contributed by atoms with Gasteiger partial charge in [0.1, 0.15) is 24.1 Å². The van der Waals surface area contributed by atoms with Gasteiger partial charge in [-0.2, -0.15) is 5.26 Å². The van der Waals surface area contributed by atoms with Crippen molar-refractivity contribution in [2.24, 2.45) is 0 Å². The molecule has 1 unspecified atom stereocenters. The van der Waals surface area contributed by atoms with E-state index in [1.807, 2.05) is 66.7 Å². The number of nitriles is 1. The predicted molar refractivity (Wildman–Crippen MR) is 209 cm³/mol. The molecule has 2 aliphatic heterocycles. The first-order valence-electron chi connectivity index (χ1n) is 17.6. The number of nitrogens with zero attached hydrogens (tertiary/aromatic N) is 2. The normalized spacial score (nSPS) is 16.5. The number of fused-ring (bicyclic) bond motifs is 2. The van der Waals surface area contributed by atoms with E-state index in [2.05, 4.69) is 16.7 Å². The first-order valence-corrected chi connectivity index (χ1v) is 18.3. The highest BCUT2D eigenvalue weighted by molar-refractivity contribution is 6.42. The average Bonchev–Trinajstić information content (AvgIpc) is 3.21. The van der Waals surface area contributed by atoms with Crippen molar-refractivity contribution in [1.82, 2.24) is 10.6 Å². The van der Waals surface area contributed by atoms with Crippen molar-refractivity contribution in [2.45, 2.75) is 44.2 Å². The fourth-order valence-corrected chi connectivity index (χ4v) is 7.03. The first kappa shape index (κ1) is 37.5. The van der Waals surface area contributed by atoms with E-state index in [0.717, 1.165) is 33.4 Å². The zero-order valence-corrected chi connectivity index (χ0v) is 31.5. The molecule has 0 radical (unpaired) electrons. The van der Waals surface area contributed by atoms with Crippen molar-refractivity contribution in [2.75, 3.05) is 19.1 Å². The van der Waals surface area contributed by atoms with E-state index in [1.54, 1.807) is 48.3 Å². The number of hydrogen-bond acceptors (Lipinski definition) is 8. The fourth-order valence-electron chi connectivity index (χ4n) is 6.71. The highest BCUT2D eigenvalue weighted by atomic mass is 35.5. The van der Waals surface area contributed by atoms with E-state index >= 15 is 0 Å². The van der Waals surface area contributed by atoms with Crippen molar-refractivity contribution in [1.29, 1.82) is 5.26 Å². The number of nitrogens with one attached hydrogen (secondary N) is 2. The Kier molecular flexibility index (Phi) is 11.1. The second-order valence-electron chi connectivity index (χ2n) is 13.4. The number of anilines is 1. The maximum Gasteiger partial charge on any atom is 0.328 e. The highest BCUT2D eigenvalue weighted by Gasteiger charge is 2.36. The molecule has 0 aliphatic carbocycles. The van der Waals surface area contributed by atoms with Crippen molar-refractivity contribution >= 4 is 46.7 Å². The number of carbonyl (C=O) groups excluding carboxylic acids is 3. The molecule has 2 heterocycles. The average molecular weight is 776 g/mol. The molecule has 278 valence electrons. The monoisotopic (exact) mass is 774 g/mol. The topological polar surface area (TPSA) is 130 Å². The first-order chi connectivity index (χ1) is 26.6. The molecule has 0 aromatic heterocycles. The van der Waals surface area contributed by atoms with Gasteiger partial charge >= 0.3 is 5.97 Å². The molecule has 10 nitrogen and oxygen atoms in total. The molecule has 2 aliphatic rings. The number of ether oxygens (including phenoxy) is 3. The van der Waals surface area contributed by atoms with Crippen molar-refractivity contribution in [3.63, 3.8) is 0 Å². The third-order valence-corrected chi connectivity index (χ3v) is 10.6. The van der Waals surface area contributed by atoms with Gasteiger partial charge in [0, 0.05) is 25.6 Å². The van der Waals surface area contributed by atoms with Crippen LogP contribution < -0.4 is 25.0 Å². The summed E-state index contributed by atoms with van der Waals surface area (Å²) in [4.78, 5) is 41.5. The SMILES string of the molecule is COC(=O)[C@H](Cc1ccc(-c2ccc(C#N)cc2)cc1)NC(=O)C1Cc2cc3c(cc2CN1)O[C@@H](c1ccc(OCc2ccc(Cl)c(Cl)c2)cc1)C(=O)N3C. The van der Waals surface area contributed by atoms with Crippen molar-refractivity contribution in [3.8, 4) is 28.7 Å². The van der Waals surface area contributed by atoms with E-state index in [9.17, 15) is 14.4 Å². The molecule has 2 amide bonds. The number of benzene rings is 5. The maximum absolute atomic E-state index is 13.6. The number of halogens is 2. The number of likely N-dealkylation sites (N-methyl/N-ethyl adjacent to an activating group) is 1. The zero-order chi connectivity index (χ0) is 38.6. The molecule has 55 heavy (non-hydrogen) atoms. The molecule has 12 heteroatoms. The van der Waals surface area contributed by atoms with Gasteiger partial charge in [0.25, 0.3) is 5.91 Å². The summed E-state index contributed by atoms with van der Waals surface area (Å²) in [6, 6.07) is 31.9. The molecule has 2 N–H and O–H groups in total. The number of hydrogen-bond donors (Lipinski definition) is 2. The van der Waals surface area contributed by atoms with Crippen LogP contribution in [0.4, 0.5) is 5.69 Å². The molecule has 0 spiro atoms. The van der Waals surface area contributed by atoms with Crippen LogP contribution >= 0.6 is 23.2 Å². The van der Waals surface area contributed by atoms with Gasteiger partial charge in [-0.15, -0.1) is 0 Å². The van der Waals surface area contributed by atoms with Crippen LogP contribution in [0.25, 0.3) is 11.1 Å². The van der Waals surface area contributed by atoms with E-state index in [-0.39, 0.29) is 18.2 Å². The number of methoxy groups -OCH3 is 1. The molecule has 5 aromatic carbocycles. The summed E-state index contributed by atoms with van der Waals surface area (Å²) in [5, 5.41) is 16.2. The molecule has 0 bridgehead atoms. The quantitative estimate of drug-likeness (QED) is 0.144. The Bertz CT molecular complexity index is 2290. The van der Waals surface area contributed by atoms with Crippen LogP contribution in [0.3, 0.4) is 0 Å². The van der Waals surface area contributed by atoms with E-state index in [1.165, 1.54) is 7.11 Å². The summed E-state index contributed by atoms with van der Waals surface area (Å²) in [5.41, 5.74) is 7.36. The third-order valence-electron chi connectivity index (χ3n) is 9.84. The standard InChI is InChI=1S/C43H36Cl2N4O6/c1-49-38-20-31-19-36(41(50)48-37(43(52)53-2)18-25-3-8-28(9-4-25)29-10-5-26(22-46)6-11-29)47-23-32(31)21-39(38)55-40(42(49)51)30-12-14-33(15-13-30)54-24-27-7-16-34(44)35(45)17-27/h3-17,20-21,36-37,40,47H,18-19,23-24H2,1-2H3,(H,48,50)/t36?,37-,40-/m0/s1. The summed E-state index contributed by atoms with van der Waals surface area (Å²) in [7, 11) is 3.00.